The number of nitrogens with one attached hydrogen (secondary N) is 2. The van der Waals surface area contributed by atoms with Gasteiger partial charge < -0.3 is 10.6 Å². The van der Waals surface area contributed by atoms with Crippen molar-refractivity contribution in [3.8, 4) is 11.1 Å². The standard InChI is InChI=1S/C30H44N2/c1-27(2)19-25(29(5,6)31-27)17-21-9-13-23(14-10-21)24-15-11-22(12-16-24)18-26-20-28(3,4)32-30(26,7)8/h9-16,25-26,31-32H,17-20H2,1-8H3/t25-,26?/m1/s1. The predicted octanol–water partition coefficient (Wildman–Crippen LogP) is 6.77. The van der Waals surface area contributed by atoms with E-state index in [-0.39, 0.29) is 22.2 Å². The molecule has 174 valence electrons. The number of hydrogen-bond donors (Lipinski definition) is 2. The van der Waals surface area contributed by atoms with Crippen molar-refractivity contribution < 1.29 is 0 Å². The van der Waals surface area contributed by atoms with Crippen LogP contribution in [-0.2, 0) is 12.8 Å². The summed E-state index contributed by atoms with van der Waals surface area (Å²) in [5.41, 5.74) is 6.36. The fraction of sp³-hybridized carbons (Fsp3) is 0.600. The number of rotatable bonds is 5. The molecule has 2 atom stereocenters. The molecule has 0 amide bonds. The van der Waals surface area contributed by atoms with Crippen LogP contribution in [0.4, 0.5) is 0 Å². The molecule has 0 aliphatic carbocycles. The van der Waals surface area contributed by atoms with Gasteiger partial charge in [-0.05, 0) is 115 Å². The van der Waals surface area contributed by atoms with Gasteiger partial charge in [0.1, 0.15) is 0 Å². The molecule has 32 heavy (non-hydrogen) atoms. The van der Waals surface area contributed by atoms with Crippen LogP contribution >= 0.6 is 0 Å². The predicted molar refractivity (Wildman–Crippen MR) is 138 cm³/mol. The molecule has 2 aliphatic heterocycles. The monoisotopic (exact) mass is 432 g/mol. The van der Waals surface area contributed by atoms with E-state index in [1.807, 2.05) is 0 Å². The van der Waals surface area contributed by atoms with Gasteiger partial charge in [-0.15, -0.1) is 0 Å². The molecule has 2 N–H and O–H groups in total. The minimum atomic E-state index is 0.191. The van der Waals surface area contributed by atoms with Crippen LogP contribution in [0, 0.1) is 11.8 Å². The van der Waals surface area contributed by atoms with Crippen LogP contribution in [0.15, 0.2) is 48.5 Å². The molecular formula is C30H44N2. The van der Waals surface area contributed by atoms with Gasteiger partial charge in [0, 0.05) is 22.2 Å². The Morgan fingerprint density at radius 2 is 0.875 bits per heavy atom. The molecule has 0 saturated carbocycles. The summed E-state index contributed by atoms with van der Waals surface area (Å²) in [7, 11) is 0. The van der Waals surface area contributed by atoms with E-state index in [1.54, 1.807) is 0 Å². The molecule has 2 aliphatic rings. The van der Waals surface area contributed by atoms with Gasteiger partial charge in [-0.3, -0.25) is 0 Å². The normalized spacial score (nSPS) is 27.5. The van der Waals surface area contributed by atoms with Crippen molar-refractivity contribution in [2.24, 2.45) is 11.8 Å². The summed E-state index contributed by atoms with van der Waals surface area (Å²) in [4.78, 5) is 0. The van der Waals surface area contributed by atoms with E-state index in [9.17, 15) is 0 Å². The maximum absolute atomic E-state index is 3.81. The van der Waals surface area contributed by atoms with Gasteiger partial charge in [-0.1, -0.05) is 48.5 Å². The summed E-state index contributed by atoms with van der Waals surface area (Å²) < 4.78 is 0. The lowest BCUT2D eigenvalue weighted by Gasteiger charge is -2.28. The molecule has 2 heterocycles. The molecule has 0 spiro atoms. The van der Waals surface area contributed by atoms with Crippen molar-refractivity contribution in [3.63, 3.8) is 0 Å². The summed E-state index contributed by atoms with van der Waals surface area (Å²) in [6.07, 6.45) is 4.75. The Morgan fingerprint density at radius 1 is 0.562 bits per heavy atom. The Labute approximate surface area is 196 Å². The number of hydrogen-bond acceptors (Lipinski definition) is 2. The molecule has 0 aromatic heterocycles. The maximum Gasteiger partial charge on any atom is 0.0162 e. The molecule has 1 unspecified atom stereocenters. The highest BCUT2D eigenvalue weighted by molar-refractivity contribution is 5.64. The molecule has 2 fully saturated rings. The zero-order valence-electron chi connectivity index (χ0n) is 21.6. The quantitative estimate of drug-likeness (QED) is 0.544. The average molecular weight is 433 g/mol. The Bertz CT molecular complexity index is 852. The zero-order chi connectivity index (χ0) is 23.4. The van der Waals surface area contributed by atoms with E-state index >= 15 is 0 Å². The van der Waals surface area contributed by atoms with E-state index in [1.165, 1.54) is 35.1 Å². The SMILES string of the molecule is CC1(C)CC(Cc2ccc(-c3ccc(C[C@@H]4CC(C)(C)NC4(C)C)cc3)cc2)C(C)(C)N1. The van der Waals surface area contributed by atoms with Crippen LogP contribution in [0.25, 0.3) is 11.1 Å². The molecular weight excluding hydrogens is 388 g/mol. The summed E-state index contributed by atoms with van der Waals surface area (Å²) in [5.74, 6) is 1.34. The second-order valence-corrected chi connectivity index (χ2v) is 13.1. The average Bonchev–Trinajstić information content (AvgIpc) is 3.00. The van der Waals surface area contributed by atoms with Gasteiger partial charge >= 0.3 is 0 Å². The summed E-state index contributed by atoms with van der Waals surface area (Å²) in [6.45, 7) is 18.7. The van der Waals surface area contributed by atoms with Gasteiger partial charge in [-0.2, -0.15) is 0 Å². The first-order valence-electron chi connectivity index (χ1n) is 12.5. The van der Waals surface area contributed by atoms with Gasteiger partial charge in [-0.25, -0.2) is 0 Å². The third kappa shape index (κ3) is 5.13. The first-order valence-corrected chi connectivity index (χ1v) is 12.5. The van der Waals surface area contributed by atoms with Crippen LogP contribution in [0.5, 0.6) is 0 Å². The highest BCUT2D eigenvalue weighted by Crippen LogP contribution is 2.39. The van der Waals surface area contributed by atoms with Gasteiger partial charge in [0.05, 0.1) is 0 Å². The minimum Gasteiger partial charge on any atom is -0.307 e. The van der Waals surface area contributed by atoms with Crippen molar-refractivity contribution >= 4 is 0 Å². The third-order valence-corrected chi connectivity index (χ3v) is 8.08. The van der Waals surface area contributed by atoms with E-state index in [0.717, 1.165) is 12.8 Å². The second kappa shape index (κ2) is 7.99. The summed E-state index contributed by atoms with van der Waals surface area (Å²) in [6, 6.07) is 18.5. The van der Waals surface area contributed by atoms with Crippen LogP contribution in [0.3, 0.4) is 0 Å². The lowest BCUT2D eigenvalue weighted by molar-refractivity contribution is 0.320. The van der Waals surface area contributed by atoms with Crippen LogP contribution in [0.2, 0.25) is 0 Å². The molecule has 2 aromatic carbocycles. The van der Waals surface area contributed by atoms with E-state index in [0.29, 0.717) is 11.8 Å². The third-order valence-electron chi connectivity index (χ3n) is 8.08. The van der Waals surface area contributed by atoms with Gasteiger partial charge in [0.2, 0.25) is 0 Å². The highest BCUT2D eigenvalue weighted by atomic mass is 15.1. The molecule has 0 radical (unpaired) electrons. The minimum absolute atomic E-state index is 0.191. The number of benzene rings is 2. The van der Waals surface area contributed by atoms with E-state index in [2.05, 4.69) is 115 Å². The molecule has 2 aromatic rings. The second-order valence-electron chi connectivity index (χ2n) is 13.1. The fourth-order valence-corrected chi connectivity index (χ4v) is 6.68. The van der Waals surface area contributed by atoms with Crippen molar-refractivity contribution in [3.05, 3.63) is 59.7 Å². The van der Waals surface area contributed by atoms with Crippen molar-refractivity contribution in [2.75, 3.05) is 0 Å². The van der Waals surface area contributed by atoms with Crippen LogP contribution in [-0.4, -0.2) is 22.2 Å². The maximum atomic E-state index is 3.81. The highest BCUT2D eigenvalue weighted by Gasteiger charge is 2.44. The van der Waals surface area contributed by atoms with Crippen LogP contribution < -0.4 is 10.6 Å². The fourth-order valence-electron chi connectivity index (χ4n) is 6.68. The van der Waals surface area contributed by atoms with E-state index in [4.69, 9.17) is 0 Å². The van der Waals surface area contributed by atoms with E-state index < -0.39 is 0 Å². The summed E-state index contributed by atoms with van der Waals surface area (Å²) >= 11 is 0. The van der Waals surface area contributed by atoms with Gasteiger partial charge in [0.25, 0.3) is 0 Å². The largest absolute Gasteiger partial charge is 0.307 e. The Balaban J connectivity index is 1.41. The zero-order valence-corrected chi connectivity index (χ0v) is 21.6. The molecule has 2 nitrogen and oxygen atoms in total. The van der Waals surface area contributed by atoms with Crippen molar-refractivity contribution in [2.45, 2.75) is 103 Å². The Hall–Kier alpha value is -1.64. The smallest absolute Gasteiger partial charge is 0.0162 e. The molecule has 2 heteroatoms. The van der Waals surface area contributed by atoms with Gasteiger partial charge in [0.15, 0.2) is 0 Å². The lowest BCUT2D eigenvalue weighted by atomic mass is 9.82. The summed E-state index contributed by atoms with van der Waals surface area (Å²) in [5, 5.41) is 7.63. The first kappa shape index (κ1) is 23.5. The molecule has 2 saturated heterocycles. The van der Waals surface area contributed by atoms with Crippen molar-refractivity contribution in [1.82, 2.24) is 10.6 Å². The molecule has 0 bridgehead atoms. The van der Waals surface area contributed by atoms with Crippen LogP contribution in [0.1, 0.15) is 79.4 Å². The Morgan fingerprint density at radius 3 is 1.12 bits per heavy atom. The molecule has 4 rings (SSSR count). The first-order chi connectivity index (χ1) is 14.7. The van der Waals surface area contributed by atoms with Crippen molar-refractivity contribution in [1.29, 1.82) is 0 Å². The lowest BCUT2D eigenvalue weighted by Crippen LogP contribution is -2.45. The topological polar surface area (TPSA) is 24.1 Å². The Kier molecular flexibility index (Phi) is 5.87.